The van der Waals surface area contributed by atoms with Crippen molar-refractivity contribution in [3.05, 3.63) is 47.3 Å². The third-order valence-electron chi connectivity index (χ3n) is 3.12. The molecule has 0 N–H and O–H groups in total. The minimum Gasteiger partial charge on any atom is -0.296 e. The molecular formula is C14H14N2O. The molecule has 3 nitrogen and oxygen atoms in total. The first-order valence-electron chi connectivity index (χ1n) is 5.90. The summed E-state index contributed by atoms with van der Waals surface area (Å²) in [7, 11) is 0. The van der Waals surface area contributed by atoms with Crippen molar-refractivity contribution < 1.29 is 4.79 Å². The Hall–Kier alpha value is -1.90. The SMILES string of the molecule is Cc1cccc(-n2nc(C=O)cc2C2CC2)c1. The van der Waals surface area contributed by atoms with E-state index in [1.165, 1.54) is 18.4 Å². The van der Waals surface area contributed by atoms with Crippen LogP contribution in [0.2, 0.25) is 0 Å². The highest BCUT2D eigenvalue weighted by atomic mass is 16.1. The number of aromatic nitrogens is 2. The van der Waals surface area contributed by atoms with Crippen LogP contribution in [0.3, 0.4) is 0 Å². The van der Waals surface area contributed by atoms with Crippen molar-refractivity contribution in [2.24, 2.45) is 0 Å². The van der Waals surface area contributed by atoms with Gasteiger partial charge in [0, 0.05) is 11.6 Å². The second-order valence-electron chi connectivity index (χ2n) is 4.64. The van der Waals surface area contributed by atoms with E-state index in [-0.39, 0.29) is 0 Å². The molecule has 1 aromatic carbocycles. The summed E-state index contributed by atoms with van der Waals surface area (Å²) in [5.41, 5.74) is 3.93. The molecule has 1 aliphatic rings. The molecule has 0 spiro atoms. The number of carbonyl (C=O) groups excluding carboxylic acids is 1. The Morgan fingerprint density at radius 1 is 1.35 bits per heavy atom. The zero-order chi connectivity index (χ0) is 11.8. The second-order valence-corrected chi connectivity index (χ2v) is 4.64. The van der Waals surface area contributed by atoms with Crippen LogP contribution in [0.5, 0.6) is 0 Å². The quantitative estimate of drug-likeness (QED) is 0.754. The molecule has 0 saturated heterocycles. The van der Waals surface area contributed by atoms with Crippen LogP contribution in [0.25, 0.3) is 5.69 Å². The van der Waals surface area contributed by atoms with Gasteiger partial charge >= 0.3 is 0 Å². The molecule has 17 heavy (non-hydrogen) atoms. The lowest BCUT2D eigenvalue weighted by atomic mass is 10.2. The van der Waals surface area contributed by atoms with E-state index in [0.717, 1.165) is 17.7 Å². The number of nitrogens with zero attached hydrogens (tertiary/aromatic N) is 2. The van der Waals surface area contributed by atoms with E-state index in [0.29, 0.717) is 11.6 Å². The highest BCUT2D eigenvalue weighted by molar-refractivity contribution is 5.72. The van der Waals surface area contributed by atoms with Crippen molar-refractivity contribution in [3.63, 3.8) is 0 Å². The van der Waals surface area contributed by atoms with Gasteiger partial charge in [-0.15, -0.1) is 0 Å². The van der Waals surface area contributed by atoms with Gasteiger partial charge < -0.3 is 0 Å². The maximum Gasteiger partial charge on any atom is 0.170 e. The van der Waals surface area contributed by atoms with Crippen LogP contribution < -0.4 is 0 Å². The molecule has 1 heterocycles. The predicted octanol–water partition coefficient (Wildman–Crippen LogP) is 2.87. The number of aryl methyl sites for hydroxylation is 1. The maximum absolute atomic E-state index is 10.8. The predicted molar refractivity (Wildman–Crippen MR) is 65.7 cm³/mol. The van der Waals surface area contributed by atoms with E-state index in [1.807, 2.05) is 22.9 Å². The minimum atomic E-state index is 0.522. The average Bonchev–Trinajstić information content (AvgIpc) is 3.08. The van der Waals surface area contributed by atoms with Gasteiger partial charge in [0.2, 0.25) is 0 Å². The largest absolute Gasteiger partial charge is 0.296 e. The Balaban J connectivity index is 2.12. The highest BCUT2D eigenvalue weighted by Crippen LogP contribution is 2.41. The van der Waals surface area contributed by atoms with Gasteiger partial charge in [0.15, 0.2) is 6.29 Å². The minimum absolute atomic E-state index is 0.522. The summed E-state index contributed by atoms with van der Waals surface area (Å²) in [5.74, 6) is 0.580. The van der Waals surface area contributed by atoms with Gasteiger partial charge in [0.25, 0.3) is 0 Å². The lowest BCUT2D eigenvalue weighted by Gasteiger charge is -2.06. The van der Waals surface area contributed by atoms with Crippen molar-refractivity contribution in [3.8, 4) is 5.69 Å². The normalized spacial score (nSPS) is 14.9. The van der Waals surface area contributed by atoms with Crippen molar-refractivity contribution in [2.45, 2.75) is 25.7 Å². The number of aldehydes is 1. The molecule has 1 aromatic heterocycles. The topological polar surface area (TPSA) is 34.9 Å². The van der Waals surface area contributed by atoms with E-state index < -0.39 is 0 Å². The van der Waals surface area contributed by atoms with Crippen LogP contribution >= 0.6 is 0 Å². The van der Waals surface area contributed by atoms with Crippen LogP contribution in [-0.4, -0.2) is 16.1 Å². The molecule has 0 aliphatic heterocycles. The molecule has 3 heteroatoms. The standard InChI is InChI=1S/C14H14N2O/c1-10-3-2-4-13(7-10)16-14(11-5-6-11)8-12(9-17)15-16/h2-4,7-9,11H,5-6H2,1H3. The molecule has 1 saturated carbocycles. The Labute approximate surface area is 100 Å². The smallest absolute Gasteiger partial charge is 0.170 e. The number of hydrogen-bond donors (Lipinski definition) is 0. The molecule has 0 atom stereocenters. The van der Waals surface area contributed by atoms with E-state index in [9.17, 15) is 4.79 Å². The zero-order valence-corrected chi connectivity index (χ0v) is 9.76. The van der Waals surface area contributed by atoms with Crippen LogP contribution in [0.4, 0.5) is 0 Å². The van der Waals surface area contributed by atoms with Gasteiger partial charge in [-0.3, -0.25) is 4.79 Å². The fourth-order valence-corrected chi connectivity index (χ4v) is 2.11. The molecule has 1 fully saturated rings. The van der Waals surface area contributed by atoms with Crippen molar-refractivity contribution in [2.75, 3.05) is 0 Å². The van der Waals surface area contributed by atoms with Gasteiger partial charge in [-0.1, -0.05) is 12.1 Å². The highest BCUT2D eigenvalue weighted by Gasteiger charge is 2.28. The van der Waals surface area contributed by atoms with Gasteiger partial charge in [-0.25, -0.2) is 4.68 Å². The number of benzene rings is 1. The monoisotopic (exact) mass is 226 g/mol. The van der Waals surface area contributed by atoms with Gasteiger partial charge in [-0.2, -0.15) is 5.10 Å². The van der Waals surface area contributed by atoms with Gasteiger partial charge in [0.05, 0.1) is 5.69 Å². The zero-order valence-electron chi connectivity index (χ0n) is 9.76. The average molecular weight is 226 g/mol. The molecule has 3 rings (SSSR count). The first-order valence-corrected chi connectivity index (χ1v) is 5.90. The van der Waals surface area contributed by atoms with Crippen LogP contribution in [0.1, 0.15) is 40.5 Å². The lowest BCUT2D eigenvalue weighted by Crippen LogP contribution is -2.01. The molecule has 0 bridgehead atoms. The molecule has 0 radical (unpaired) electrons. The summed E-state index contributed by atoms with van der Waals surface area (Å²) in [4.78, 5) is 10.8. The Morgan fingerprint density at radius 2 is 2.18 bits per heavy atom. The number of hydrogen-bond acceptors (Lipinski definition) is 2. The molecule has 0 unspecified atom stereocenters. The Bertz CT molecular complexity index is 567. The van der Waals surface area contributed by atoms with Crippen LogP contribution in [0, 0.1) is 6.92 Å². The van der Waals surface area contributed by atoms with Crippen LogP contribution in [0.15, 0.2) is 30.3 Å². The van der Waals surface area contributed by atoms with Crippen molar-refractivity contribution >= 4 is 6.29 Å². The summed E-state index contributed by atoms with van der Waals surface area (Å²) in [6, 6.07) is 10.1. The van der Waals surface area contributed by atoms with Crippen LogP contribution in [-0.2, 0) is 0 Å². The summed E-state index contributed by atoms with van der Waals surface area (Å²) < 4.78 is 1.91. The van der Waals surface area contributed by atoms with E-state index in [1.54, 1.807) is 0 Å². The third kappa shape index (κ3) is 1.88. The van der Waals surface area contributed by atoms with Gasteiger partial charge in [0.1, 0.15) is 5.69 Å². The molecule has 86 valence electrons. The third-order valence-corrected chi connectivity index (χ3v) is 3.12. The first-order chi connectivity index (χ1) is 8.28. The summed E-state index contributed by atoms with van der Waals surface area (Å²) in [6.45, 7) is 2.06. The fraction of sp³-hybridized carbons (Fsp3) is 0.286. The lowest BCUT2D eigenvalue weighted by molar-refractivity contribution is 0.111. The van der Waals surface area contributed by atoms with E-state index in [2.05, 4.69) is 24.2 Å². The molecular weight excluding hydrogens is 212 g/mol. The fourth-order valence-electron chi connectivity index (χ4n) is 2.11. The molecule has 0 amide bonds. The summed E-state index contributed by atoms with van der Waals surface area (Å²) in [5, 5.41) is 4.35. The molecule has 1 aliphatic carbocycles. The Morgan fingerprint density at radius 3 is 2.82 bits per heavy atom. The maximum atomic E-state index is 10.8. The van der Waals surface area contributed by atoms with Crippen molar-refractivity contribution in [1.29, 1.82) is 0 Å². The summed E-state index contributed by atoms with van der Waals surface area (Å²) >= 11 is 0. The Kier molecular flexibility index (Phi) is 2.32. The van der Waals surface area contributed by atoms with E-state index in [4.69, 9.17) is 0 Å². The number of carbonyl (C=O) groups is 1. The molecule has 2 aromatic rings. The number of rotatable bonds is 3. The van der Waals surface area contributed by atoms with E-state index >= 15 is 0 Å². The second kappa shape index (κ2) is 3.84. The first kappa shape index (κ1) is 10.3. The summed E-state index contributed by atoms with van der Waals surface area (Å²) in [6.07, 6.45) is 3.23. The van der Waals surface area contributed by atoms with Gasteiger partial charge in [-0.05, 0) is 43.5 Å². The van der Waals surface area contributed by atoms with Crippen molar-refractivity contribution in [1.82, 2.24) is 9.78 Å².